The second-order valence-electron chi connectivity index (χ2n) is 9.03. The largest absolute Gasteiger partial charge is 0.244 e. The summed E-state index contributed by atoms with van der Waals surface area (Å²) in [5.41, 5.74) is 5.21. The summed E-state index contributed by atoms with van der Waals surface area (Å²) in [5, 5.41) is 19.2. The molecule has 0 radical (unpaired) electrons. The van der Waals surface area contributed by atoms with E-state index in [1.165, 1.54) is 0 Å². The van der Waals surface area contributed by atoms with Crippen molar-refractivity contribution >= 4 is 0 Å². The number of aromatic amines is 1. The van der Waals surface area contributed by atoms with E-state index < -0.39 is 0 Å². The first-order valence-electron chi connectivity index (χ1n) is 10.9. The molecule has 0 spiro atoms. The fraction of sp³-hybridized carbons (Fsp3) is 0.192. The predicted octanol–water partition coefficient (Wildman–Crippen LogP) is 5.14. The van der Waals surface area contributed by atoms with Gasteiger partial charge in [0.15, 0.2) is 11.6 Å². The lowest BCUT2D eigenvalue weighted by Gasteiger charge is -2.18. The van der Waals surface area contributed by atoms with E-state index in [1.807, 2.05) is 53.2 Å². The normalized spacial score (nSPS) is 11.6. The molecule has 0 aliphatic rings. The Labute approximate surface area is 192 Å². The summed E-state index contributed by atoms with van der Waals surface area (Å²) in [7, 11) is 0. The maximum Gasteiger partial charge on any atom is 0.181 e. The first-order valence-corrected chi connectivity index (χ1v) is 10.9. The molecule has 7 nitrogen and oxygen atoms in total. The molecule has 0 aliphatic heterocycles. The number of benzene rings is 3. The summed E-state index contributed by atoms with van der Waals surface area (Å²) in [5.74, 6) is 2.38. The number of nitrogens with zero attached hydrogens (tertiary/aromatic N) is 6. The summed E-state index contributed by atoms with van der Waals surface area (Å²) in [6.07, 6.45) is 0. The predicted molar refractivity (Wildman–Crippen MR) is 128 cm³/mol. The standard InChI is InChI=1S/C26H25N7/c1-26(2,3)25-27-23(20-9-5-4-6-10-20)30-33(25)17-18-13-15-19(16-14-18)21-11-7-8-12-22(21)24-28-31-32-29-24/h4-16H,17H2,1-3H3,(H,28,29,31,32). The third-order valence-corrected chi connectivity index (χ3v) is 5.50. The number of rotatable bonds is 5. The van der Waals surface area contributed by atoms with Crippen LogP contribution >= 0.6 is 0 Å². The van der Waals surface area contributed by atoms with Gasteiger partial charge in [-0.15, -0.1) is 5.10 Å². The fourth-order valence-corrected chi connectivity index (χ4v) is 3.89. The highest BCUT2D eigenvalue weighted by Gasteiger charge is 2.23. The molecule has 2 aromatic heterocycles. The van der Waals surface area contributed by atoms with Gasteiger partial charge in [0.1, 0.15) is 5.82 Å². The van der Waals surface area contributed by atoms with E-state index in [-0.39, 0.29) is 5.41 Å². The topological polar surface area (TPSA) is 85.2 Å². The molecule has 33 heavy (non-hydrogen) atoms. The Kier molecular flexibility index (Phi) is 5.30. The quantitative estimate of drug-likeness (QED) is 0.413. The Bertz CT molecular complexity index is 1350. The van der Waals surface area contributed by atoms with Gasteiger partial charge in [0, 0.05) is 16.5 Å². The van der Waals surface area contributed by atoms with Crippen molar-refractivity contribution in [2.24, 2.45) is 0 Å². The minimum atomic E-state index is -0.121. The van der Waals surface area contributed by atoms with Gasteiger partial charge in [0.25, 0.3) is 0 Å². The summed E-state index contributed by atoms with van der Waals surface area (Å²) in [6, 6.07) is 26.8. The molecule has 0 saturated heterocycles. The van der Waals surface area contributed by atoms with E-state index in [0.717, 1.165) is 39.5 Å². The van der Waals surface area contributed by atoms with Crippen molar-refractivity contribution in [1.29, 1.82) is 0 Å². The molecule has 164 valence electrons. The second kappa shape index (κ2) is 8.43. The van der Waals surface area contributed by atoms with Crippen LogP contribution in [0.5, 0.6) is 0 Å². The summed E-state index contributed by atoms with van der Waals surface area (Å²) >= 11 is 0. The van der Waals surface area contributed by atoms with E-state index in [4.69, 9.17) is 10.1 Å². The van der Waals surface area contributed by atoms with E-state index in [2.05, 4.69) is 71.7 Å². The minimum Gasteiger partial charge on any atom is -0.244 e. The van der Waals surface area contributed by atoms with Crippen LogP contribution in [-0.4, -0.2) is 35.4 Å². The third kappa shape index (κ3) is 4.30. The number of hydrogen-bond donors (Lipinski definition) is 1. The third-order valence-electron chi connectivity index (χ3n) is 5.50. The van der Waals surface area contributed by atoms with Crippen molar-refractivity contribution in [3.63, 3.8) is 0 Å². The van der Waals surface area contributed by atoms with Crippen LogP contribution in [0, 0.1) is 0 Å². The Balaban J connectivity index is 1.46. The molecule has 0 aliphatic carbocycles. The zero-order valence-corrected chi connectivity index (χ0v) is 18.9. The first-order chi connectivity index (χ1) is 16.0. The van der Waals surface area contributed by atoms with Crippen LogP contribution in [0.1, 0.15) is 32.2 Å². The van der Waals surface area contributed by atoms with Crippen molar-refractivity contribution in [2.75, 3.05) is 0 Å². The van der Waals surface area contributed by atoms with Crippen LogP contribution < -0.4 is 0 Å². The molecule has 7 heteroatoms. The fourth-order valence-electron chi connectivity index (χ4n) is 3.89. The summed E-state index contributed by atoms with van der Waals surface area (Å²) in [6.45, 7) is 7.16. The number of H-pyrrole nitrogens is 1. The van der Waals surface area contributed by atoms with Crippen LogP contribution in [0.2, 0.25) is 0 Å². The molecule has 1 N–H and O–H groups in total. The Morgan fingerprint density at radius 3 is 2.15 bits per heavy atom. The average molecular weight is 436 g/mol. The molecule has 0 bridgehead atoms. The van der Waals surface area contributed by atoms with Crippen LogP contribution in [0.4, 0.5) is 0 Å². The van der Waals surface area contributed by atoms with E-state index >= 15 is 0 Å². The highest BCUT2D eigenvalue weighted by molar-refractivity contribution is 5.80. The molecule has 3 aromatic carbocycles. The molecule has 2 heterocycles. The molecule has 5 aromatic rings. The molecular formula is C26H25N7. The molecule has 0 saturated carbocycles. The van der Waals surface area contributed by atoms with Crippen molar-refractivity contribution in [3.05, 3.63) is 90.3 Å². The number of aromatic nitrogens is 7. The van der Waals surface area contributed by atoms with Gasteiger partial charge in [-0.3, -0.25) is 0 Å². The number of tetrazole rings is 1. The summed E-state index contributed by atoms with van der Waals surface area (Å²) < 4.78 is 2.02. The van der Waals surface area contributed by atoms with Crippen LogP contribution in [0.3, 0.4) is 0 Å². The van der Waals surface area contributed by atoms with Gasteiger partial charge in [-0.05, 0) is 27.1 Å². The minimum absolute atomic E-state index is 0.121. The highest BCUT2D eigenvalue weighted by atomic mass is 15.5. The molecule has 0 amide bonds. The lowest BCUT2D eigenvalue weighted by atomic mass is 9.95. The van der Waals surface area contributed by atoms with Crippen LogP contribution in [0.15, 0.2) is 78.9 Å². The van der Waals surface area contributed by atoms with Gasteiger partial charge >= 0.3 is 0 Å². The lowest BCUT2D eigenvalue weighted by Crippen LogP contribution is -2.20. The monoisotopic (exact) mass is 435 g/mol. The van der Waals surface area contributed by atoms with Gasteiger partial charge in [-0.2, -0.15) is 5.10 Å². The summed E-state index contributed by atoms with van der Waals surface area (Å²) in [4.78, 5) is 4.88. The van der Waals surface area contributed by atoms with Gasteiger partial charge in [-0.25, -0.2) is 14.8 Å². The number of nitrogens with one attached hydrogen (secondary N) is 1. The maximum atomic E-state index is 4.88. The van der Waals surface area contributed by atoms with Crippen LogP contribution in [-0.2, 0) is 12.0 Å². The molecule has 0 fully saturated rings. The first kappa shape index (κ1) is 20.8. The van der Waals surface area contributed by atoms with Gasteiger partial charge in [0.05, 0.1) is 6.54 Å². The van der Waals surface area contributed by atoms with Crippen molar-refractivity contribution in [2.45, 2.75) is 32.7 Å². The maximum absolute atomic E-state index is 4.88. The van der Waals surface area contributed by atoms with Crippen LogP contribution in [0.25, 0.3) is 33.9 Å². The van der Waals surface area contributed by atoms with E-state index in [9.17, 15) is 0 Å². The molecule has 5 rings (SSSR count). The Hall–Kier alpha value is -4.13. The lowest BCUT2D eigenvalue weighted by molar-refractivity contribution is 0.490. The number of hydrogen-bond acceptors (Lipinski definition) is 5. The van der Waals surface area contributed by atoms with Gasteiger partial charge in [-0.1, -0.05) is 99.6 Å². The average Bonchev–Trinajstić information content (AvgIpc) is 3.51. The Morgan fingerprint density at radius 2 is 1.48 bits per heavy atom. The zero-order chi connectivity index (χ0) is 22.8. The van der Waals surface area contributed by atoms with Crippen molar-refractivity contribution in [3.8, 4) is 33.9 Å². The Morgan fingerprint density at radius 1 is 0.788 bits per heavy atom. The molecular weight excluding hydrogens is 410 g/mol. The van der Waals surface area contributed by atoms with Crippen molar-refractivity contribution < 1.29 is 0 Å². The highest BCUT2D eigenvalue weighted by Crippen LogP contribution is 2.30. The van der Waals surface area contributed by atoms with E-state index in [1.54, 1.807) is 0 Å². The molecule has 0 atom stereocenters. The molecule has 0 unspecified atom stereocenters. The van der Waals surface area contributed by atoms with E-state index in [0.29, 0.717) is 12.4 Å². The second-order valence-corrected chi connectivity index (χ2v) is 9.03. The van der Waals surface area contributed by atoms with Gasteiger partial charge < -0.3 is 0 Å². The van der Waals surface area contributed by atoms with Crippen molar-refractivity contribution in [1.82, 2.24) is 35.4 Å². The van der Waals surface area contributed by atoms with Gasteiger partial charge in [0.2, 0.25) is 0 Å². The zero-order valence-electron chi connectivity index (χ0n) is 18.9. The smallest absolute Gasteiger partial charge is 0.181 e. The SMILES string of the molecule is CC(C)(C)c1nc(-c2ccccc2)nn1Cc1ccc(-c2ccccc2-c2nnn[nH]2)cc1.